The lowest BCUT2D eigenvalue weighted by Crippen LogP contribution is -2.35. The van der Waals surface area contributed by atoms with Gasteiger partial charge in [0.1, 0.15) is 0 Å². The van der Waals surface area contributed by atoms with Gasteiger partial charge in [0.25, 0.3) is 0 Å². The summed E-state index contributed by atoms with van der Waals surface area (Å²) in [6.45, 7) is 4.33. The fourth-order valence-corrected chi connectivity index (χ4v) is 3.41. The van der Waals surface area contributed by atoms with Gasteiger partial charge in [0.05, 0.1) is 11.8 Å². The summed E-state index contributed by atoms with van der Waals surface area (Å²) in [6.07, 6.45) is 5.35. The summed E-state index contributed by atoms with van der Waals surface area (Å²) >= 11 is 0. The van der Waals surface area contributed by atoms with Crippen LogP contribution in [0.15, 0.2) is 24.3 Å². The van der Waals surface area contributed by atoms with Crippen LogP contribution < -0.4 is 5.32 Å². The van der Waals surface area contributed by atoms with Crippen LogP contribution in [0.25, 0.3) is 0 Å². The fourth-order valence-electron chi connectivity index (χ4n) is 3.41. The van der Waals surface area contributed by atoms with Crippen LogP contribution in [0, 0.1) is 18.8 Å². The third kappa shape index (κ3) is 3.92. The molecule has 2 fully saturated rings. The number of nitrogens with one attached hydrogen (secondary N) is 1. The maximum absolute atomic E-state index is 12.5. The van der Waals surface area contributed by atoms with E-state index in [0.29, 0.717) is 6.54 Å². The molecular weight excluding hydrogens is 288 g/mol. The molecule has 4 heteroatoms. The molecule has 4 nitrogen and oxygen atoms in total. The van der Waals surface area contributed by atoms with E-state index in [1.54, 1.807) is 0 Å². The predicted molar refractivity (Wildman–Crippen MR) is 89.7 cm³/mol. The third-order valence-electron chi connectivity index (χ3n) is 5.08. The SMILES string of the molecule is Cc1ccccc1CNC(=O)C1CC1C(=O)N1CCCCCC1. The van der Waals surface area contributed by atoms with E-state index in [-0.39, 0.29) is 23.7 Å². The van der Waals surface area contributed by atoms with Crippen molar-refractivity contribution in [3.8, 4) is 0 Å². The summed E-state index contributed by atoms with van der Waals surface area (Å²) in [5, 5.41) is 2.99. The number of likely N-dealkylation sites (tertiary alicyclic amines) is 1. The molecule has 1 aliphatic carbocycles. The second-order valence-electron chi connectivity index (χ2n) is 6.83. The highest BCUT2D eigenvalue weighted by atomic mass is 16.2. The molecule has 0 radical (unpaired) electrons. The molecule has 23 heavy (non-hydrogen) atoms. The van der Waals surface area contributed by atoms with Crippen LogP contribution in [0.3, 0.4) is 0 Å². The lowest BCUT2D eigenvalue weighted by molar-refractivity contribution is -0.134. The highest BCUT2D eigenvalue weighted by Gasteiger charge is 2.49. The van der Waals surface area contributed by atoms with Crippen molar-refractivity contribution in [1.29, 1.82) is 0 Å². The van der Waals surface area contributed by atoms with Crippen LogP contribution >= 0.6 is 0 Å². The van der Waals surface area contributed by atoms with Crippen molar-refractivity contribution in [1.82, 2.24) is 10.2 Å². The first-order valence-corrected chi connectivity index (χ1v) is 8.78. The van der Waals surface area contributed by atoms with Gasteiger partial charge in [0.15, 0.2) is 0 Å². The smallest absolute Gasteiger partial charge is 0.226 e. The first-order valence-electron chi connectivity index (χ1n) is 8.78. The zero-order valence-corrected chi connectivity index (χ0v) is 13.9. The number of nitrogens with zero attached hydrogens (tertiary/aromatic N) is 1. The highest BCUT2D eigenvalue weighted by molar-refractivity contribution is 5.92. The van der Waals surface area contributed by atoms with E-state index < -0.39 is 0 Å². The number of amides is 2. The average molecular weight is 314 g/mol. The molecule has 0 aromatic heterocycles. The van der Waals surface area contributed by atoms with Crippen LogP contribution in [0.1, 0.15) is 43.2 Å². The number of aryl methyl sites for hydroxylation is 1. The number of carbonyl (C=O) groups excluding carboxylic acids is 2. The number of hydrogen-bond donors (Lipinski definition) is 1. The molecule has 1 aromatic rings. The van der Waals surface area contributed by atoms with Gasteiger partial charge in [-0.1, -0.05) is 37.1 Å². The molecule has 2 aliphatic rings. The molecule has 0 bridgehead atoms. The molecule has 1 saturated carbocycles. The zero-order chi connectivity index (χ0) is 16.2. The molecule has 1 N–H and O–H groups in total. The summed E-state index contributed by atoms with van der Waals surface area (Å²) in [6, 6.07) is 8.06. The van der Waals surface area contributed by atoms with E-state index in [9.17, 15) is 9.59 Å². The monoisotopic (exact) mass is 314 g/mol. The Labute approximate surface area is 138 Å². The van der Waals surface area contributed by atoms with Gasteiger partial charge in [-0.15, -0.1) is 0 Å². The Kier molecular flexibility index (Phi) is 4.99. The Bertz CT molecular complexity index is 576. The minimum absolute atomic E-state index is 0.0291. The number of carbonyl (C=O) groups is 2. The van der Waals surface area contributed by atoms with E-state index in [1.807, 2.05) is 36.1 Å². The van der Waals surface area contributed by atoms with Gasteiger partial charge in [0, 0.05) is 19.6 Å². The van der Waals surface area contributed by atoms with Gasteiger partial charge >= 0.3 is 0 Å². The molecule has 1 heterocycles. The van der Waals surface area contributed by atoms with E-state index in [0.717, 1.165) is 37.9 Å². The third-order valence-corrected chi connectivity index (χ3v) is 5.08. The number of hydrogen-bond acceptors (Lipinski definition) is 2. The first kappa shape index (κ1) is 16.0. The zero-order valence-electron chi connectivity index (χ0n) is 13.9. The van der Waals surface area contributed by atoms with E-state index in [4.69, 9.17) is 0 Å². The topological polar surface area (TPSA) is 49.4 Å². The Morgan fingerprint density at radius 2 is 1.78 bits per heavy atom. The maximum atomic E-state index is 12.5. The van der Waals surface area contributed by atoms with Crippen LogP contribution in [-0.4, -0.2) is 29.8 Å². The second kappa shape index (κ2) is 7.16. The van der Waals surface area contributed by atoms with Crippen LogP contribution in [0.5, 0.6) is 0 Å². The highest BCUT2D eigenvalue weighted by Crippen LogP contribution is 2.40. The quantitative estimate of drug-likeness (QED) is 0.929. The minimum Gasteiger partial charge on any atom is -0.352 e. The second-order valence-corrected chi connectivity index (χ2v) is 6.83. The predicted octanol–water partition coefficient (Wildman–Crippen LogP) is 2.65. The first-order chi connectivity index (χ1) is 11.2. The van der Waals surface area contributed by atoms with Gasteiger partial charge in [-0.3, -0.25) is 9.59 Å². The van der Waals surface area contributed by atoms with Crippen molar-refractivity contribution in [3.63, 3.8) is 0 Å². The van der Waals surface area contributed by atoms with E-state index in [1.165, 1.54) is 18.4 Å². The lowest BCUT2D eigenvalue weighted by Gasteiger charge is -2.20. The van der Waals surface area contributed by atoms with Gasteiger partial charge in [-0.05, 0) is 37.3 Å². The summed E-state index contributed by atoms with van der Waals surface area (Å²) in [5.74, 6) is 0.0316. The molecule has 2 unspecified atom stereocenters. The van der Waals surface area contributed by atoms with Crippen LogP contribution in [-0.2, 0) is 16.1 Å². The summed E-state index contributed by atoms with van der Waals surface area (Å²) in [7, 11) is 0. The molecule has 1 aromatic carbocycles. The minimum atomic E-state index is -0.116. The largest absolute Gasteiger partial charge is 0.352 e. The van der Waals surface area contributed by atoms with Gasteiger partial charge in [-0.25, -0.2) is 0 Å². The Morgan fingerprint density at radius 1 is 1.09 bits per heavy atom. The Balaban J connectivity index is 1.48. The number of rotatable bonds is 4. The lowest BCUT2D eigenvalue weighted by atomic mass is 10.1. The van der Waals surface area contributed by atoms with Crippen molar-refractivity contribution in [3.05, 3.63) is 35.4 Å². The van der Waals surface area contributed by atoms with Crippen molar-refractivity contribution < 1.29 is 9.59 Å². The normalized spacial score (nSPS) is 24.0. The Hall–Kier alpha value is -1.84. The molecule has 1 saturated heterocycles. The van der Waals surface area contributed by atoms with Gasteiger partial charge < -0.3 is 10.2 Å². The van der Waals surface area contributed by atoms with Crippen molar-refractivity contribution >= 4 is 11.8 Å². The molecule has 0 spiro atoms. The molecule has 1 aliphatic heterocycles. The molecule has 2 atom stereocenters. The van der Waals surface area contributed by atoms with Crippen molar-refractivity contribution in [2.45, 2.75) is 45.6 Å². The van der Waals surface area contributed by atoms with E-state index in [2.05, 4.69) is 5.32 Å². The number of benzene rings is 1. The standard InChI is InChI=1S/C19H26N2O2/c1-14-8-4-5-9-15(14)13-20-18(22)16-12-17(16)19(23)21-10-6-2-3-7-11-21/h4-5,8-9,16-17H,2-3,6-7,10-13H2,1H3,(H,20,22). The molecular formula is C19H26N2O2. The van der Waals surface area contributed by atoms with Crippen LogP contribution in [0.4, 0.5) is 0 Å². The van der Waals surface area contributed by atoms with Crippen molar-refractivity contribution in [2.24, 2.45) is 11.8 Å². The van der Waals surface area contributed by atoms with E-state index >= 15 is 0 Å². The Morgan fingerprint density at radius 3 is 2.48 bits per heavy atom. The summed E-state index contributed by atoms with van der Waals surface area (Å²) in [5.41, 5.74) is 2.32. The van der Waals surface area contributed by atoms with Crippen LogP contribution in [0.2, 0.25) is 0 Å². The molecule has 3 rings (SSSR count). The summed E-state index contributed by atoms with van der Waals surface area (Å²) in [4.78, 5) is 26.8. The average Bonchev–Trinajstić information content (AvgIpc) is 3.37. The summed E-state index contributed by atoms with van der Waals surface area (Å²) < 4.78 is 0. The maximum Gasteiger partial charge on any atom is 0.226 e. The fraction of sp³-hybridized carbons (Fsp3) is 0.579. The molecule has 2 amide bonds. The van der Waals surface area contributed by atoms with Crippen molar-refractivity contribution in [2.75, 3.05) is 13.1 Å². The van der Waals surface area contributed by atoms with Gasteiger partial charge in [0.2, 0.25) is 11.8 Å². The molecule has 124 valence electrons. The van der Waals surface area contributed by atoms with Gasteiger partial charge in [-0.2, -0.15) is 0 Å².